The first-order valence-corrected chi connectivity index (χ1v) is 6.48. The van der Waals surface area contributed by atoms with Crippen LogP contribution >= 0.6 is 0 Å². The van der Waals surface area contributed by atoms with Crippen molar-refractivity contribution < 1.29 is 9.59 Å². The van der Waals surface area contributed by atoms with Gasteiger partial charge in [-0.1, -0.05) is 6.07 Å². The number of rotatable bonds is 3. The number of nitrogens with one attached hydrogen (secondary N) is 2. The predicted octanol–water partition coefficient (Wildman–Crippen LogP) is 1.71. The number of hydrogen-bond acceptors (Lipinski definition) is 3. The molecule has 0 bridgehead atoms. The van der Waals surface area contributed by atoms with Gasteiger partial charge in [0.2, 0.25) is 11.8 Å². The van der Waals surface area contributed by atoms with E-state index in [0.29, 0.717) is 11.4 Å². The number of benzene rings is 1. The quantitative estimate of drug-likeness (QED) is 0.774. The zero-order valence-corrected chi connectivity index (χ0v) is 11.0. The predicted molar refractivity (Wildman–Crippen MR) is 74.7 cm³/mol. The van der Waals surface area contributed by atoms with Crippen LogP contribution in [0.15, 0.2) is 24.3 Å². The summed E-state index contributed by atoms with van der Waals surface area (Å²) in [6, 6.07) is 7.26. The molecule has 2 atom stereocenters. The fourth-order valence-corrected chi connectivity index (χ4v) is 2.38. The molecule has 2 amide bonds. The summed E-state index contributed by atoms with van der Waals surface area (Å²) in [5, 5.41) is 5.56. The molecule has 0 aliphatic heterocycles. The summed E-state index contributed by atoms with van der Waals surface area (Å²) >= 11 is 0. The Morgan fingerprint density at radius 3 is 2.47 bits per heavy atom. The van der Waals surface area contributed by atoms with Gasteiger partial charge < -0.3 is 16.4 Å². The van der Waals surface area contributed by atoms with Crippen molar-refractivity contribution in [3.05, 3.63) is 24.3 Å². The van der Waals surface area contributed by atoms with Gasteiger partial charge in [-0.25, -0.2) is 0 Å². The van der Waals surface area contributed by atoms with E-state index in [1.54, 1.807) is 24.3 Å². The van der Waals surface area contributed by atoms with Crippen molar-refractivity contribution in [2.24, 2.45) is 11.7 Å². The Balaban J connectivity index is 1.98. The number of nitrogens with two attached hydrogens (primary N) is 1. The minimum absolute atomic E-state index is 0.000535. The molecule has 2 unspecified atom stereocenters. The zero-order valence-electron chi connectivity index (χ0n) is 11.0. The van der Waals surface area contributed by atoms with E-state index in [1.807, 2.05) is 0 Å². The van der Waals surface area contributed by atoms with Gasteiger partial charge in [-0.15, -0.1) is 0 Å². The lowest BCUT2D eigenvalue weighted by atomic mass is 10.1. The Bertz CT molecular complexity index is 487. The molecule has 1 saturated carbocycles. The molecule has 1 aromatic rings. The molecule has 102 valence electrons. The standard InChI is InChI=1S/C14H19N3O2/c1-9(18)16-12-3-2-4-13(8-12)17-14(19)10-5-6-11(15)7-10/h2-4,8,10-11H,5-7,15H2,1H3,(H,16,18)(H,17,19). The van der Waals surface area contributed by atoms with Crippen LogP contribution in [-0.4, -0.2) is 17.9 Å². The highest BCUT2D eigenvalue weighted by Gasteiger charge is 2.27. The van der Waals surface area contributed by atoms with E-state index < -0.39 is 0 Å². The first-order chi connectivity index (χ1) is 9.04. The summed E-state index contributed by atoms with van der Waals surface area (Å²) in [4.78, 5) is 23.0. The normalized spacial score (nSPS) is 22.0. The van der Waals surface area contributed by atoms with Crippen molar-refractivity contribution >= 4 is 23.2 Å². The van der Waals surface area contributed by atoms with Crippen molar-refractivity contribution in [3.8, 4) is 0 Å². The van der Waals surface area contributed by atoms with Gasteiger partial charge in [0.1, 0.15) is 0 Å². The lowest BCUT2D eigenvalue weighted by molar-refractivity contribution is -0.119. The molecule has 1 aliphatic carbocycles. The Labute approximate surface area is 112 Å². The summed E-state index contributed by atoms with van der Waals surface area (Å²) in [6.07, 6.45) is 2.50. The highest BCUT2D eigenvalue weighted by atomic mass is 16.2. The van der Waals surface area contributed by atoms with Gasteiger partial charge in [-0.05, 0) is 37.5 Å². The highest BCUT2D eigenvalue weighted by molar-refractivity contribution is 5.94. The van der Waals surface area contributed by atoms with Crippen molar-refractivity contribution in [2.75, 3.05) is 10.6 Å². The SMILES string of the molecule is CC(=O)Nc1cccc(NC(=O)C2CCC(N)C2)c1. The van der Waals surface area contributed by atoms with E-state index in [9.17, 15) is 9.59 Å². The Kier molecular flexibility index (Phi) is 4.16. The molecule has 1 fully saturated rings. The number of hydrogen-bond donors (Lipinski definition) is 3. The molecule has 19 heavy (non-hydrogen) atoms. The smallest absolute Gasteiger partial charge is 0.227 e. The minimum Gasteiger partial charge on any atom is -0.328 e. The van der Waals surface area contributed by atoms with Crippen molar-refractivity contribution in [1.29, 1.82) is 0 Å². The highest BCUT2D eigenvalue weighted by Crippen LogP contribution is 2.26. The summed E-state index contributed by atoms with van der Waals surface area (Å²) in [7, 11) is 0. The number of carbonyl (C=O) groups is 2. The van der Waals surface area contributed by atoms with Gasteiger partial charge in [0.25, 0.3) is 0 Å². The summed E-state index contributed by atoms with van der Waals surface area (Å²) in [5.41, 5.74) is 7.17. The number of amides is 2. The van der Waals surface area contributed by atoms with E-state index in [4.69, 9.17) is 5.73 Å². The van der Waals surface area contributed by atoms with Gasteiger partial charge in [-0.3, -0.25) is 9.59 Å². The third-order valence-electron chi connectivity index (χ3n) is 3.29. The zero-order chi connectivity index (χ0) is 13.8. The number of carbonyl (C=O) groups excluding carboxylic acids is 2. The van der Waals surface area contributed by atoms with Crippen molar-refractivity contribution in [1.82, 2.24) is 0 Å². The second kappa shape index (κ2) is 5.84. The average Bonchev–Trinajstić information content (AvgIpc) is 2.75. The van der Waals surface area contributed by atoms with Gasteiger partial charge in [0.05, 0.1) is 0 Å². The van der Waals surface area contributed by atoms with E-state index in [1.165, 1.54) is 6.92 Å². The lowest BCUT2D eigenvalue weighted by Crippen LogP contribution is -2.23. The molecule has 0 heterocycles. The molecule has 0 radical (unpaired) electrons. The van der Waals surface area contributed by atoms with Crippen LogP contribution in [0.4, 0.5) is 11.4 Å². The van der Waals surface area contributed by atoms with Crippen LogP contribution in [0, 0.1) is 5.92 Å². The maximum absolute atomic E-state index is 12.0. The third kappa shape index (κ3) is 3.79. The molecular weight excluding hydrogens is 242 g/mol. The second-order valence-electron chi connectivity index (χ2n) is 5.02. The van der Waals surface area contributed by atoms with Crippen LogP contribution in [0.3, 0.4) is 0 Å². The molecule has 5 heteroatoms. The van der Waals surface area contributed by atoms with Crippen molar-refractivity contribution in [2.45, 2.75) is 32.2 Å². The fourth-order valence-electron chi connectivity index (χ4n) is 2.38. The molecule has 1 aromatic carbocycles. The average molecular weight is 261 g/mol. The van der Waals surface area contributed by atoms with Crippen LogP contribution in [0.5, 0.6) is 0 Å². The van der Waals surface area contributed by atoms with Gasteiger partial charge in [0, 0.05) is 30.3 Å². The van der Waals surface area contributed by atoms with Gasteiger partial charge in [-0.2, -0.15) is 0 Å². The molecule has 0 spiro atoms. The Hall–Kier alpha value is -1.88. The Morgan fingerprint density at radius 2 is 1.89 bits per heavy atom. The van der Waals surface area contributed by atoms with Crippen LogP contribution in [0.2, 0.25) is 0 Å². The summed E-state index contributed by atoms with van der Waals surface area (Å²) < 4.78 is 0. The second-order valence-corrected chi connectivity index (χ2v) is 5.02. The molecule has 0 aromatic heterocycles. The topological polar surface area (TPSA) is 84.2 Å². The molecule has 1 aliphatic rings. The summed E-state index contributed by atoms with van der Waals surface area (Å²) in [5.74, 6) is -0.127. The summed E-state index contributed by atoms with van der Waals surface area (Å²) in [6.45, 7) is 1.45. The molecule has 0 saturated heterocycles. The van der Waals surface area contributed by atoms with E-state index in [0.717, 1.165) is 19.3 Å². The van der Waals surface area contributed by atoms with Crippen LogP contribution < -0.4 is 16.4 Å². The largest absolute Gasteiger partial charge is 0.328 e. The van der Waals surface area contributed by atoms with Gasteiger partial charge in [0.15, 0.2) is 0 Å². The van der Waals surface area contributed by atoms with Crippen LogP contribution in [0.1, 0.15) is 26.2 Å². The fraction of sp³-hybridized carbons (Fsp3) is 0.429. The number of anilines is 2. The van der Waals surface area contributed by atoms with E-state index in [2.05, 4.69) is 10.6 Å². The lowest BCUT2D eigenvalue weighted by Gasteiger charge is -2.11. The van der Waals surface area contributed by atoms with Crippen LogP contribution in [-0.2, 0) is 9.59 Å². The van der Waals surface area contributed by atoms with Crippen LogP contribution in [0.25, 0.3) is 0 Å². The first-order valence-electron chi connectivity index (χ1n) is 6.48. The molecule has 4 N–H and O–H groups in total. The Morgan fingerprint density at radius 1 is 1.21 bits per heavy atom. The molecular formula is C14H19N3O2. The monoisotopic (exact) mass is 261 g/mol. The molecule has 5 nitrogen and oxygen atoms in total. The molecule has 2 rings (SSSR count). The van der Waals surface area contributed by atoms with Gasteiger partial charge >= 0.3 is 0 Å². The maximum Gasteiger partial charge on any atom is 0.227 e. The van der Waals surface area contributed by atoms with Crippen molar-refractivity contribution in [3.63, 3.8) is 0 Å². The minimum atomic E-state index is -0.134. The maximum atomic E-state index is 12.0. The first kappa shape index (κ1) is 13.5. The van der Waals surface area contributed by atoms with E-state index in [-0.39, 0.29) is 23.8 Å². The third-order valence-corrected chi connectivity index (χ3v) is 3.29. The van der Waals surface area contributed by atoms with E-state index >= 15 is 0 Å².